The van der Waals surface area contributed by atoms with Crippen molar-refractivity contribution < 1.29 is 18.0 Å². The van der Waals surface area contributed by atoms with Crippen molar-refractivity contribution in [3.8, 4) is 0 Å². The predicted molar refractivity (Wildman–Crippen MR) is 86.9 cm³/mol. The molecule has 0 amide bonds. The van der Waals surface area contributed by atoms with Crippen LogP contribution >= 0.6 is 11.3 Å². The van der Waals surface area contributed by atoms with E-state index in [-0.39, 0.29) is 4.90 Å². The molecule has 116 valence electrons. The Kier molecular flexibility index (Phi) is 5.28. The number of H-pyrrole nitrogens is 1. The van der Waals surface area contributed by atoms with Gasteiger partial charge in [0.25, 0.3) is 0 Å². The first-order valence-corrected chi connectivity index (χ1v) is 9.05. The second kappa shape index (κ2) is 7.00. The van der Waals surface area contributed by atoms with Crippen LogP contribution in [-0.4, -0.2) is 13.0 Å². The number of thiazole rings is 1. The zero-order valence-electron chi connectivity index (χ0n) is 12.4. The average molecular weight is 335 g/mol. The van der Waals surface area contributed by atoms with Gasteiger partial charge in [-0.25, -0.2) is 8.42 Å². The number of hydrogen-bond acceptors (Lipinski definition) is 4. The number of fused-ring (bicyclic) bond motifs is 1. The van der Waals surface area contributed by atoms with Gasteiger partial charge in [0.15, 0.2) is 0 Å². The maximum absolute atomic E-state index is 10.4. The number of aryl methyl sites for hydroxylation is 2. The predicted octanol–water partition coefficient (Wildman–Crippen LogP) is 3.18. The first kappa shape index (κ1) is 16.6. The topological polar surface area (TPSA) is 71.3 Å². The Balaban J connectivity index is 0.000000160. The minimum Gasteiger partial charge on any atom is -0.744 e. The van der Waals surface area contributed by atoms with Gasteiger partial charge in [-0.3, -0.25) is 0 Å². The van der Waals surface area contributed by atoms with Crippen LogP contribution in [0.25, 0.3) is 10.2 Å². The lowest BCUT2D eigenvalue weighted by atomic mass is 10.2. The number of aromatic nitrogens is 1. The smallest absolute Gasteiger partial charge is 0.236 e. The molecule has 0 fully saturated rings. The van der Waals surface area contributed by atoms with Crippen molar-refractivity contribution in [1.29, 1.82) is 0 Å². The van der Waals surface area contributed by atoms with Crippen molar-refractivity contribution >= 4 is 31.7 Å². The number of rotatable bonds is 2. The van der Waals surface area contributed by atoms with Gasteiger partial charge in [-0.05, 0) is 25.1 Å². The Labute approximate surface area is 134 Å². The van der Waals surface area contributed by atoms with E-state index in [4.69, 9.17) is 0 Å². The fraction of sp³-hybridized carbons (Fsp3) is 0.188. The van der Waals surface area contributed by atoms with E-state index in [1.807, 2.05) is 18.3 Å². The van der Waals surface area contributed by atoms with Crippen molar-refractivity contribution in [2.75, 3.05) is 0 Å². The Morgan fingerprint density at radius 2 is 1.73 bits per heavy atom. The second-order valence-electron chi connectivity index (χ2n) is 4.77. The minimum atomic E-state index is -4.27. The molecule has 0 bridgehead atoms. The maximum Gasteiger partial charge on any atom is 0.236 e. The summed E-state index contributed by atoms with van der Waals surface area (Å²) in [5.41, 5.74) is 2.19. The van der Waals surface area contributed by atoms with Gasteiger partial charge in [0.2, 0.25) is 10.5 Å². The van der Waals surface area contributed by atoms with Gasteiger partial charge in [0, 0.05) is 12.5 Å². The molecule has 1 aromatic heterocycles. The Morgan fingerprint density at radius 1 is 1.09 bits per heavy atom. The van der Waals surface area contributed by atoms with E-state index in [1.54, 1.807) is 12.1 Å². The fourth-order valence-electron chi connectivity index (χ4n) is 1.83. The molecule has 0 saturated carbocycles. The van der Waals surface area contributed by atoms with E-state index in [2.05, 4.69) is 36.2 Å². The Bertz CT molecular complexity index is 819. The van der Waals surface area contributed by atoms with E-state index >= 15 is 0 Å². The summed E-state index contributed by atoms with van der Waals surface area (Å²) < 4.78 is 32.5. The molecule has 6 heteroatoms. The summed E-state index contributed by atoms with van der Waals surface area (Å²) in [6, 6.07) is 14.2. The second-order valence-corrected chi connectivity index (χ2v) is 7.28. The summed E-state index contributed by atoms with van der Waals surface area (Å²) >= 11 is 1.84. The number of benzene rings is 2. The highest BCUT2D eigenvalue weighted by Gasteiger charge is 2.06. The van der Waals surface area contributed by atoms with Gasteiger partial charge < -0.3 is 4.55 Å². The van der Waals surface area contributed by atoms with Crippen molar-refractivity contribution in [2.45, 2.75) is 25.2 Å². The highest BCUT2D eigenvalue weighted by Crippen LogP contribution is 2.17. The van der Waals surface area contributed by atoms with Crippen molar-refractivity contribution in [1.82, 2.24) is 0 Å². The molecular weight excluding hydrogens is 318 g/mol. The van der Waals surface area contributed by atoms with Crippen molar-refractivity contribution in [2.24, 2.45) is 0 Å². The van der Waals surface area contributed by atoms with E-state index in [0.717, 1.165) is 12.0 Å². The van der Waals surface area contributed by atoms with E-state index in [1.165, 1.54) is 27.4 Å². The van der Waals surface area contributed by atoms with Crippen molar-refractivity contribution in [3.63, 3.8) is 0 Å². The van der Waals surface area contributed by atoms with Crippen LogP contribution in [0.4, 0.5) is 0 Å². The molecule has 2 aromatic carbocycles. The highest BCUT2D eigenvalue weighted by molar-refractivity contribution is 7.85. The summed E-state index contributed by atoms with van der Waals surface area (Å²) in [6.07, 6.45) is 1.10. The van der Waals surface area contributed by atoms with Crippen LogP contribution in [0.3, 0.4) is 0 Å². The molecule has 0 spiro atoms. The lowest BCUT2D eigenvalue weighted by Gasteiger charge is -2.05. The summed E-state index contributed by atoms with van der Waals surface area (Å²) in [5, 5.41) is 1.35. The SMILES string of the molecule is CCc1[nH+]c2ccccc2s1.Cc1ccc(S(=O)(=O)[O-])cc1. The first-order valence-electron chi connectivity index (χ1n) is 6.82. The average Bonchev–Trinajstić information content (AvgIpc) is 2.90. The lowest BCUT2D eigenvalue weighted by Crippen LogP contribution is -2.02. The quantitative estimate of drug-likeness (QED) is 0.675. The molecule has 0 atom stereocenters. The zero-order chi connectivity index (χ0) is 16.2. The maximum atomic E-state index is 10.4. The summed E-state index contributed by atoms with van der Waals surface area (Å²) in [6.45, 7) is 3.99. The lowest BCUT2D eigenvalue weighted by molar-refractivity contribution is -0.350. The Morgan fingerprint density at radius 3 is 2.27 bits per heavy atom. The minimum absolute atomic E-state index is 0.178. The molecule has 3 rings (SSSR count). The molecule has 0 aliphatic carbocycles. The monoisotopic (exact) mass is 335 g/mol. The summed E-state index contributed by atoms with van der Waals surface area (Å²) in [5.74, 6) is 0. The van der Waals surface area contributed by atoms with Crippen LogP contribution in [-0.2, 0) is 16.5 Å². The zero-order valence-corrected chi connectivity index (χ0v) is 14.0. The largest absolute Gasteiger partial charge is 0.744 e. The standard InChI is InChI=1S/C9H9NS.C7H8O3S/c1-2-9-10-7-5-3-4-6-8(7)11-9;1-6-2-4-7(5-3-6)11(8,9)10/h3-6H,2H2,1H3;2-5H,1H3,(H,8,9,10). The molecule has 1 N–H and O–H groups in total. The Hall–Kier alpha value is -1.76. The summed E-state index contributed by atoms with van der Waals surface area (Å²) in [7, 11) is -4.27. The van der Waals surface area contributed by atoms with E-state index in [0.29, 0.717) is 0 Å². The molecular formula is C16H17NO3S2. The number of hydrogen-bond donors (Lipinski definition) is 0. The van der Waals surface area contributed by atoms with Gasteiger partial charge in [0.05, 0.1) is 4.90 Å². The normalized spacial score (nSPS) is 11.0. The van der Waals surface area contributed by atoms with E-state index in [9.17, 15) is 13.0 Å². The molecule has 1 heterocycles. The van der Waals surface area contributed by atoms with Gasteiger partial charge in [-0.15, -0.1) is 0 Å². The van der Waals surface area contributed by atoms with Gasteiger partial charge in [0.1, 0.15) is 14.8 Å². The van der Waals surface area contributed by atoms with Crippen LogP contribution in [0.1, 0.15) is 17.5 Å². The van der Waals surface area contributed by atoms with Crippen LogP contribution < -0.4 is 4.98 Å². The van der Waals surface area contributed by atoms with Crippen LogP contribution in [0.15, 0.2) is 53.4 Å². The summed E-state index contributed by atoms with van der Waals surface area (Å²) in [4.78, 5) is 3.19. The molecule has 22 heavy (non-hydrogen) atoms. The molecule has 3 aromatic rings. The third kappa shape index (κ3) is 4.37. The fourth-order valence-corrected chi connectivity index (χ4v) is 3.25. The molecule has 0 radical (unpaired) electrons. The molecule has 4 nitrogen and oxygen atoms in total. The third-order valence-electron chi connectivity index (χ3n) is 3.03. The third-order valence-corrected chi connectivity index (χ3v) is 5.09. The first-order chi connectivity index (χ1) is 10.4. The number of aromatic amines is 1. The molecule has 0 aliphatic rings. The molecule has 0 unspecified atom stereocenters. The number of nitrogens with one attached hydrogen (secondary N) is 1. The molecule has 0 aliphatic heterocycles. The number of para-hydroxylation sites is 1. The van der Waals surface area contributed by atoms with Gasteiger partial charge in [-0.2, -0.15) is 4.98 Å². The molecule has 0 saturated heterocycles. The van der Waals surface area contributed by atoms with Crippen molar-refractivity contribution in [3.05, 3.63) is 59.1 Å². The van der Waals surface area contributed by atoms with Crippen LogP contribution in [0.5, 0.6) is 0 Å². The van der Waals surface area contributed by atoms with Crippen LogP contribution in [0.2, 0.25) is 0 Å². The van der Waals surface area contributed by atoms with Gasteiger partial charge >= 0.3 is 0 Å². The van der Waals surface area contributed by atoms with E-state index < -0.39 is 10.1 Å². The van der Waals surface area contributed by atoms with Crippen LogP contribution in [0, 0.1) is 6.92 Å². The van der Waals surface area contributed by atoms with Gasteiger partial charge in [-0.1, -0.05) is 48.1 Å². The highest BCUT2D eigenvalue weighted by atomic mass is 32.2.